The first-order chi connectivity index (χ1) is 14.6. The minimum atomic E-state index is -0.0556. The minimum absolute atomic E-state index is 0.0303. The first kappa shape index (κ1) is 21.8. The number of para-hydroxylation sites is 2. The number of imidazole rings is 1. The summed E-state index contributed by atoms with van der Waals surface area (Å²) in [6.45, 7) is 2.73. The van der Waals surface area contributed by atoms with Crippen LogP contribution in [-0.4, -0.2) is 27.8 Å². The zero-order valence-electron chi connectivity index (χ0n) is 17.1. The third kappa shape index (κ3) is 5.80. The van der Waals surface area contributed by atoms with Crippen LogP contribution in [0.4, 0.5) is 0 Å². The second-order valence-electron chi connectivity index (χ2n) is 7.13. The second-order valence-corrected chi connectivity index (χ2v) is 7.57. The average molecular weight is 424 g/mol. The van der Waals surface area contributed by atoms with Gasteiger partial charge in [0.2, 0.25) is 5.91 Å². The van der Waals surface area contributed by atoms with Gasteiger partial charge < -0.3 is 9.88 Å². The van der Waals surface area contributed by atoms with E-state index in [0.29, 0.717) is 17.1 Å². The molecule has 1 aromatic heterocycles. The van der Waals surface area contributed by atoms with E-state index in [2.05, 4.69) is 5.32 Å². The summed E-state index contributed by atoms with van der Waals surface area (Å²) in [6.07, 6.45) is 6.87. The number of aromatic nitrogens is 2. The number of allylic oxidation sites excluding steroid dienone is 1. The maximum atomic E-state index is 12.8. The van der Waals surface area contributed by atoms with E-state index in [-0.39, 0.29) is 18.2 Å². The summed E-state index contributed by atoms with van der Waals surface area (Å²) in [6, 6.07) is 14.9. The van der Waals surface area contributed by atoms with Crippen molar-refractivity contribution >= 4 is 34.3 Å². The molecule has 0 saturated carbocycles. The van der Waals surface area contributed by atoms with E-state index < -0.39 is 0 Å². The number of Topliss-reactive ketones (excluding diaryl/α,β-unsaturated/α-hetero) is 1. The fourth-order valence-electron chi connectivity index (χ4n) is 3.37. The monoisotopic (exact) mass is 423 g/mol. The van der Waals surface area contributed by atoms with Crippen LogP contribution >= 0.6 is 11.6 Å². The van der Waals surface area contributed by atoms with Gasteiger partial charge in [0.15, 0.2) is 5.78 Å². The van der Waals surface area contributed by atoms with Crippen LogP contribution in [0.15, 0.2) is 60.7 Å². The molecule has 30 heavy (non-hydrogen) atoms. The lowest BCUT2D eigenvalue weighted by atomic mass is 10.1. The molecule has 1 amide bonds. The molecular weight excluding hydrogens is 398 g/mol. The van der Waals surface area contributed by atoms with Gasteiger partial charge in [-0.05, 0) is 62.2 Å². The van der Waals surface area contributed by atoms with Crippen molar-refractivity contribution in [3.63, 3.8) is 0 Å². The molecule has 0 fully saturated rings. The molecule has 2 aromatic carbocycles. The number of rotatable bonds is 10. The Morgan fingerprint density at radius 2 is 1.83 bits per heavy atom. The van der Waals surface area contributed by atoms with Gasteiger partial charge in [-0.15, -0.1) is 0 Å². The van der Waals surface area contributed by atoms with E-state index in [1.807, 2.05) is 35.8 Å². The Labute approximate surface area is 181 Å². The molecule has 0 atom stereocenters. The third-order valence-electron chi connectivity index (χ3n) is 4.90. The van der Waals surface area contributed by atoms with Crippen LogP contribution in [0.25, 0.3) is 11.0 Å². The highest BCUT2D eigenvalue weighted by molar-refractivity contribution is 6.30. The normalized spacial score (nSPS) is 11.3. The van der Waals surface area contributed by atoms with Crippen LogP contribution in [0.2, 0.25) is 5.02 Å². The lowest BCUT2D eigenvalue weighted by Crippen LogP contribution is -2.22. The molecule has 0 aliphatic carbocycles. The predicted octanol–water partition coefficient (Wildman–Crippen LogP) is 4.98. The van der Waals surface area contributed by atoms with E-state index in [9.17, 15) is 9.59 Å². The molecule has 5 nitrogen and oxygen atoms in total. The summed E-state index contributed by atoms with van der Waals surface area (Å²) in [5, 5.41) is 3.48. The van der Waals surface area contributed by atoms with Gasteiger partial charge in [0.25, 0.3) is 0 Å². The Bertz CT molecular complexity index is 1040. The van der Waals surface area contributed by atoms with Crippen LogP contribution in [0, 0.1) is 0 Å². The molecule has 0 spiro atoms. The van der Waals surface area contributed by atoms with E-state index in [1.165, 1.54) is 6.08 Å². The van der Waals surface area contributed by atoms with Gasteiger partial charge in [0, 0.05) is 23.6 Å². The molecule has 1 heterocycles. The summed E-state index contributed by atoms with van der Waals surface area (Å²) < 4.78 is 2.01. The van der Waals surface area contributed by atoms with Crippen molar-refractivity contribution in [1.29, 1.82) is 0 Å². The van der Waals surface area contributed by atoms with Gasteiger partial charge in [-0.2, -0.15) is 0 Å². The minimum Gasteiger partial charge on any atom is -0.353 e. The average Bonchev–Trinajstić information content (AvgIpc) is 3.08. The molecule has 0 aliphatic rings. The lowest BCUT2D eigenvalue weighted by Gasteiger charge is -2.09. The number of ketones is 1. The maximum absolute atomic E-state index is 12.8. The number of unbranched alkanes of at least 4 members (excludes halogenated alkanes) is 2. The number of halogens is 1. The summed E-state index contributed by atoms with van der Waals surface area (Å²) in [5.74, 6) is 0.888. The van der Waals surface area contributed by atoms with E-state index in [4.69, 9.17) is 16.6 Å². The van der Waals surface area contributed by atoms with Crippen molar-refractivity contribution in [2.45, 2.75) is 39.2 Å². The zero-order valence-corrected chi connectivity index (χ0v) is 17.9. The van der Waals surface area contributed by atoms with Crippen LogP contribution in [0.5, 0.6) is 0 Å². The van der Waals surface area contributed by atoms with Crippen molar-refractivity contribution in [1.82, 2.24) is 14.9 Å². The van der Waals surface area contributed by atoms with Crippen molar-refractivity contribution < 1.29 is 9.59 Å². The first-order valence-electron chi connectivity index (χ1n) is 10.2. The number of carbonyl (C=O) groups is 2. The lowest BCUT2D eigenvalue weighted by molar-refractivity contribution is -0.116. The SMILES string of the molecule is C/C=C/C(=O)NCCCCCc1nc2ccccc2n1CC(=O)c1ccc(Cl)cc1. The second kappa shape index (κ2) is 10.7. The van der Waals surface area contributed by atoms with Gasteiger partial charge in [0.05, 0.1) is 17.6 Å². The Morgan fingerprint density at radius 1 is 1.07 bits per heavy atom. The van der Waals surface area contributed by atoms with E-state index in [1.54, 1.807) is 30.3 Å². The molecular formula is C24H26ClN3O2. The number of carbonyl (C=O) groups excluding carboxylic acids is 2. The molecule has 6 heteroatoms. The highest BCUT2D eigenvalue weighted by Gasteiger charge is 2.14. The number of nitrogens with one attached hydrogen (secondary N) is 1. The standard InChI is InChI=1S/C24H26ClN3O2/c1-2-8-24(30)26-16-7-3-4-11-23-27-20-9-5-6-10-21(20)28(23)17-22(29)18-12-14-19(25)15-13-18/h2,5-6,8-10,12-15H,3-4,7,11,16-17H2,1H3,(H,26,30)/b8-2+. The van der Waals surface area contributed by atoms with Crippen molar-refractivity contribution in [3.8, 4) is 0 Å². The maximum Gasteiger partial charge on any atom is 0.243 e. The number of aryl methyl sites for hydroxylation is 1. The zero-order chi connectivity index (χ0) is 21.3. The molecule has 0 saturated heterocycles. The van der Waals surface area contributed by atoms with Gasteiger partial charge >= 0.3 is 0 Å². The highest BCUT2D eigenvalue weighted by Crippen LogP contribution is 2.19. The Morgan fingerprint density at radius 3 is 2.60 bits per heavy atom. The van der Waals surface area contributed by atoms with Crippen LogP contribution < -0.4 is 5.32 Å². The van der Waals surface area contributed by atoms with Crippen molar-refractivity contribution in [2.75, 3.05) is 6.54 Å². The topological polar surface area (TPSA) is 64.0 Å². The molecule has 0 bridgehead atoms. The van der Waals surface area contributed by atoms with E-state index >= 15 is 0 Å². The summed E-state index contributed by atoms with van der Waals surface area (Å²) >= 11 is 5.94. The quantitative estimate of drug-likeness (QED) is 0.284. The molecule has 0 unspecified atom stereocenters. The van der Waals surface area contributed by atoms with Crippen LogP contribution in [0.1, 0.15) is 42.4 Å². The number of benzene rings is 2. The Kier molecular flexibility index (Phi) is 7.80. The molecule has 3 rings (SSSR count). The number of amides is 1. The molecule has 0 aliphatic heterocycles. The van der Waals surface area contributed by atoms with Crippen LogP contribution in [-0.2, 0) is 17.8 Å². The first-order valence-corrected chi connectivity index (χ1v) is 10.6. The van der Waals surface area contributed by atoms with Gasteiger partial charge in [-0.3, -0.25) is 9.59 Å². The highest BCUT2D eigenvalue weighted by atomic mass is 35.5. The predicted molar refractivity (Wildman–Crippen MR) is 121 cm³/mol. The largest absolute Gasteiger partial charge is 0.353 e. The molecule has 0 radical (unpaired) electrons. The molecule has 3 aromatic rings. The number of fused-ring (bicyclic) bond motifs is 1. The summed E-state index contributed by atoms with van der Waals surface area (Å²) in [4.78, 5) is 29.0. The van der Waals surface area contributed by atoms with Crippen LogP contribution in [0.3, 0.4) is 0 Å². The van der Waals surface area contributed by atoms with Crippen molar-refractivity contribution in [2.24, 2.45) is 0 Å². The Balaban J connectivity index is 1.64. The fraction of sp³-hybridized carbons (Fsp3) is 0.292. The fourth-order valence-corrected chi connectivity index (χ4v) is 3.50. The van der Waals surface area contributed by atoms with Gasteiger partial charge in [-0.1, -0.05) is 36.2 Å². The third-order valence-corrected chi connectivity index (χ3v) is 5.15. The molecule has 1 N–H and O–H groups in total. The number of hydrogen-bond acceptors (Lipinski definition) is 3. The smallest absolute Gasteiger partial charge is 0.243 e. The Hall–Kier alpha value is -2.92. The summed E-state index contributed by atoms with van der Waals surface area (Å²) in [5.41, 5.74) is 2.50. The van der Waals surface area contributed by atoms with Gasteiger partial charge in [0.1, 0.15) is 5.82 Å². The number of hydrogen-bond donors (Lipinski definition) is 1. The van der Waals surface area contributed by atoms with E-state index in [0.717, 1.165) is 42.5 Å². The number of nitrogens with zero attached hydrogens (tertiary/aromatic N) is 2. The summed E-state index contributed by atoms with van der Waals surface area (Å²) in [7, 11) is 0. The molecule has 156 valence electrons. The van der Waals surface area contributed by atoms with Gasteiger partial charge in [-0.25, -0.2) is 4.98 Å². The van der Waals surface area contributed by atoms with Crippen molar-refractivity contribution in [3.05, 3.63) is 77.1 Å².